The van der Waals surface area contributed by atoms with Crippen LogP contribution in [0.3, 0.4) is 0 Å². The Bertz CT molecular complexity index is 584. The van der Waals surface area contributed by atoms with Gasteiger partial charge in [0.05, 0.1) is 6.61 Å². The van der Waals surface area contributed by atoms with Crippen LogP contribution in [0.2, 0.25) is 0 Å². The summed E-state index contributed by atoms with van der Waals surface area (Å²) in [6.07, 6.45) is 1.46. The molecule has 0 aliphatic rings. The molecule has 114 valence electrons. The number of thioether (sulfide) groups is 1. The Balaban J connectivity index is 1.85. The van der Waals surface area contributed by atoms with Crippen molar-refractivity contribution in [2.75, 3.05) is 12.4 Å². The first-order valence-electron chi connectivity index (χ1n) is 6.68. The highest BCUT2D eigenvalue weighted by Crippen LogP contribution is 2.19. The highest BCUT2D eigenvalue weighted by atomic mass is 32.2. The highest BCUT2D eigenvalue weighted by molar-refractivity contribution is 7.99. The lowest BCUT2D eigenvalue weighted by atomic mass is 10.1. The van der Waals surface area contributed by atoms with E-state index < -0.39 is 11.6 Å². The average Bonchev–Trinajstić information content (AvgIpc) is 2.79. The lowest BCUT2D eigenvalue weighted by Gasteiger charge is -2.05. The standard InChI is InChI=1S/C14H17F2N3OS/c1-19-13(7-8-20)17-18-14(19)21-9-3-4-10-11(15)5-2-6-12(10)16/h2,5-6,20H,3-4,7-9H2,1H3. The molecule has 1 heterocycles. The molecule has 0 atom stereocenters. The average molecular weight is 313 g/mol. The van der Waals surface area contributed by atoms with E-state index in [4.69, 9.17) is 5.11 Å². The van der Waals surface area contributed by atoms with E-state index in [1.54, 1.807) is 0 Å². The first-order valence-corrected chi connectivity index (χ1v) is 7.67. The van der Waals surface area contributed by atoms with Crippen LogP contribution in [0.4, 0.5) is 8.78 Å². The lowest BCUT2D eigenvalue weighted by Crippen LogP contribution is -2.02. The van der Waals surface area contributed by atoms with Gasteiger partial charge in [-0.2, -0.15) is 0 Å². The minimum Gasteiger partial charge on any atom is -0.396 e. The number of rotatable bonds is 7. The fourth-order valence-corrected chi connectivity index (χ4v) is 2.84. The fraction of sp³-hybridized carbons (Fsp3) is 0.429. The molecule has 2 rings (SSSR count). The minimum absolute atomic E-state index is 0.0310. The lowest BCUT2D eigenvalue weighted by molar-refractivity contribution is 0.295. The van der Waals surface area contributed by atoms with Crippen molar-refractivity contribution in [3.8, 4) is 0 Å². The monoisotopic (exact) mass is 313 g/mol. The molecule has 1 aromatic heterocycles. The van der Waals surface area contributed by atoms with Gasteiger partial charge in [0.2, 0.25) is 0 Å². The normalized spacial score (nSPS) is 11.0. The van der Waals surface area contributed by atoms with Gasteiger partial charge in [-0.15, -0.1) is 10.2 Å². The van der Waals surface area contributed by atoms with Gasteiger partial charge in [-0.3, -0.25) is 0 Å². The number of hydrogen-bond acceptors (Lipinski definition) is 4. The molecule has 0 saturated heterocycles. The molecule has 2 aromatic rings. The van der Waals surface area contributed by atoms with Crippen molar-refractivity contribution < 1.29 is 13.9 Å². The predicted octanol–water partition coefficient (Wildman–Crippen LogP) is 2.35. The molecule has 21 heavy (non-hydrogen) atoms. The number of hydrogen-bond donors (Lipinski definition) is 1. The number of halogens is 2. The number of nitrogens with zero attached hydrogens (tertiary/aromatic N) is 3. The minimum atomic E-state index is -0.496. The van der Waals surface area contributed by atoms with Gasteiger partial charge in [0.15, 0.2) is 5.16 Å². The second-order valence-corrected chi connectivity index (χ2v) is 5.65. The van der Waals surface area contributed by atoms with Crippen molar-refractivity contribution in [2.45, 2.75) is 24.4 Å². The van der Waals surface area contributed by atoms with Crippen molar-refractivity contribution in [2.24, 2.45) is 7.05 Å². The van der Waals surface area contributed by atoms with Crippen molar-refractivity contribution in [3.63, 3.8) is 0 Å². The maximum atomic E-state index is 13.5. The third-order valence-electron chi connectivity index (χ3n) is 3.12. The molecule has 1 aromatic carbocycles. The Morgan fingerprint density at radius 3 is 2.57 bits per heavy atom. The van der Waals surface area contributed by atoms with Crippen molar-refractivity contribution >= 4 is 11.8 Å². The van der Waals surface area contributed by atoms with E-state index >= 15 is 0 Å². The van der Waals surface area contributed by atoms with Crippen LogP contribution in [-0.4, -0.2) is 32.2 Å². The van der Waals surface area contributed by atoms with Crippen LogP contribution in [0, 0.1) is 11.6 Å². The van der Waals surface area contributed by atoms with Gasteiger partial charge < -0.3 is 9.67 Å². The van der Waals surface area contributed by atoms with Crippen LogP contribution in [-0.2, 0) is 19.9 Å². The first-order chi connectivity index (χ1) is 10.1. The maximum absolute atomic E-state index is 13.5. The van der Waals surface area contributed by atoms with Crippen LogP contribution < -0.4 is 0 Å². The van der Waals surface area contributed by atoms with Crippen LogP contribution in [0.15, 0.2) is 23.4 Å². The van der Waals surface area contributed by atoms with Gasteiger partial charge in [-0.05, 0) is 25.0 Å². The zero-order chi connectivity index (χ0) is 15.2. The Morgan fingerprint density at radius 1 is 1.19 bits per heavy atom. The summed E-state index contributed by atoms with van der Waals surface area (Å²) < 4.78 is 28.7. The largest absolute Gasteiger partial charge is 0.396 e. The molecule has 7 heteroatoms. The molecule has 0 aliphatic carbocycles. The number of aliphatic hydroxyl groups is 1. The topological polar surface area (TPSA) is 50.9 Å². The molecule has 0 amide bonds. The summed E-state index contributed by atoms with van der Waals surface area (Å²) >= 11 is 1.49. The van der Waals surface area contributed by atoms with Gasteiger partial charge in [0.1, 0.15) is 17.5 Å². The van der Waals surface area contributed by atoms with E-state index in [0.29, 0.717) is 25.0 Å². The molecule has 0 bridgehead atoms. The molecular weight excluding hydrogens is 296 g/mol. The van der Waals surface area contributed by atoms with Gasteiger partial charge in [0.25, 0.3) is 0 Å². The molecular formula is C14H17F2N3OS. The molecule has 0 aliphatic heterocycles. The summed E-state index contributed by atoms with van der Waals surface area (Å²) in [6, 6.07) is 3.91. The van der Waals surface area contributed by atoms with E-state index in [1.165, 1.54) is 30.0 Å². The third-order valence-corrected chi connectivity index (χ3v) is 4.23. The number of aliphatic hydroxyl groups excluding tert-OH is 1. The summed E-state index contributed by atoms with van der Waals surface area (Å²) in [7, 11) is 1.84. The molecule has 4 nitrogen and oxygen atoms in total. The van der Waals surface area contributed by atoms with Crippen LogP contribution in [0.1, 0.15) is 17.8 Å². The van der Waals surface area contributed by atoms with E-state index in [9.17, 15) is 8.78 Å². The summed E-state index contributed by atoms with van der Waals surface area (Å²) in [6.45, 7) is 0.0310. The highest BCUT2D eigenvalue weighted by Gasteiger charge is 2.10. The smallest absolute Gasteiger partial charge is 0.190 e. The second-order valence-electron chi connectivity index (χ2n) is 4.58. The first kappa shape index (κ1) is 15.9. The Morgan fingerprint density at radius 2 is 1.90 bits per heavy atom. The van der Waals surface area contributed by atoms with Gasteiger partial charge in [-0.1, -0.05) is 17.8 Å². The molecule has 0 unspecified atom stereocenters. The van der Waals surface area contributed by atoms with Crippen LogP contribution in [0.25, 0.3) is 0 Å². The van der Waals surface area contributed by atoms with Crippen molar-refractivity contribution in [1.82, 2.24) is 14.8 Å². The van der Waals surface area contributed by atoms with Crippen molar-refractivity contribution in [3.05, 3.63) is 41.2 Å². The SMILES string of the molecule is Cn1c(CCO)nnc1SCCCc1c(F)cccc1F. The van der Waals surface area contributed by atoms with E-state index in [1.807, 2.05) is 11.6 Å². The van der Waals surface area contributed by atoms with Crippen LogP contribution >= 0.6 is 11.8 Å². The third kappa shape index (κ3) is 4.01. The van der Waals surface area contributed by atoms with Gasteiger partial charge in [0, 0.05) is 24.8 Å². The molecule has 0 radical (unpaired) electrons. The Kier molecular flexibility index (Phi) is 5.69. The van der Waals surface area contributed by atoms with Crippen molar-refractivity contribution in [1.29, 1.82) is 0 Å². The maximum Gasteiger partial charge on any atom is 0.190 e. The Labute approximate surface area is 126 Å². The zero-order valence-electron chi connectivity index (χ0n) is 11.7. The molecule has 0 spiro atoms. The Hall–Kier alpha value is -1.47. The summed E-state index contributed by atoms with van der Waals surface area (Å²) in [5, 5.41) is 17.6. The summed E-state index contributed by atoms with van der Waals surface area (Å²) in [5.74, 6) is 0.423. The molecule has 0 fully saturated rings. The van der Waals surface area contributed by atoms with Crippen LogP contribution in [0.5, 0.6) is 0 Å². The summed E-state index contributed by atoms with van der Waals surface area (Å²) in [5.41, 5.74) is 0.136. The molecule has 1 N–H and O–H groups in total. The fourth-order valence-electron chi connectivity index (χ4n) is 1.97. The van der Waals surface area contributed by atoms with E-state index in [-0.39, 0.29) is 12.2 Å². The van der Waals surface area contributed by atoms with E-state index in [2.05, 4.69) is 10.2 Å². The second kappa shape index (κ2) is 7.51. The summed E-state index contributed by atoms with van der Waals surface area (Å²) in [4.78, 5) is 0. The predicted molar refractivity (Wildman–Crippen MR) is 77.2 cm³/mol. The molecule has 0 saturated carbocycles. The number of aromatic nitrogens is 3. The number of benzene rings is 1. The van der Waals surface area contributed by atoms with Gasteiger partial charge >= 0.3 is 0 Å². The van der Waals surface area contributed by atoms with E-state index in [0.717, 1.165) is 11.0 Å². The quantitative estimate of drug-likeness (QED) is 0.630. The van der Waals surface area contributed by atoms with Gasteiger partial charge in [-0.25, -0.2) is 8.78 Å². The zero-order valence-corrected chi connectivity index (χ0v) is 12.5.